The highest BCUT2D eigenvalue weighted by atomic mass is 16.6. The van der Waals surface area contributed by atoms with Crippen molar-refractivity contribution in [1.29, 1.82) is 0 Å². The van der Waals surface area contributed by atoms with Crippen molar-refractivity contribution in [2.45, 2.75) is 6.10 Å². The lowest BCUT2D eigenvalue weighted by Crippen LogP contribution is -2.53. The molecule has 0 bridgehead atoms. The van der Waals surface area contributed by atoms with Gasteiger partial charge in [0.15, 0.2) is 0 Å². The number of benzene rings is 1. The number of carbonyl (C=O) groups is 1. The Bertz CT molecular complexity index is 524. The van der Waals surface area contributed by atoms with Gasteiger partial charge in [-0.3, -0.25) is 14.9 Å². The van der Waals surface area contributed by atoms with Crippen LogP contribution in [-0.2, 0) is 0 Å². The molecule has 1 aromatic rings. The molecule has 7 heteroatoms. The molecule has 1 fully saturated rings. The minimum atomic E-state index is -0.527. The number of aliphatic hydroxyl groups is 1. The fourth-order valence-corrected chi connectivity index (χ4v) is 1.99. The fourth-order valence-electron chi connectivity index (χ4n) is 1.99. The summed E-state index contributed by atoms with van der Waals surface area (Å²) in [6.45, 7) is 0.544. The predicted molar refractivity (Wildman–Crippen MR) is 69.3 cm³/mol. The van der Waals surface area contributed by atoms with Crippen LogP contribution in [0.3, 0.4) is 0 Å². The topological polar surface area (TPSA) is 86.9 Å². The SMILES string of the molecule is CN(C)c1ccc([N+](=O)[O-])cc1C(=O)N1CC(O)C1. The monoisotopic (exact) mass is 265 g/mol. The third-order valence-corrected chi connectivity index (χ3v) is 3.05. The van der Waals surface area contributed by atoms with Gasteiger partial charge in [-0.2, -0.15) is 0 Å². The molecule has 1 N–H and O–H groups in total. The van der Waals surface area contributed by atoms with E-state index in [-0.39, 0.29) is 30.2 Å². The molecule has 7 nitrogen and oxygen atoms in total. The predicted octanol–water partition coefficient (Wildman–Crippen LogP) is 0.477. The van der Waals surface area contributed by atoms with E-state index in [9.17, 15) is 20.0 Å². The summed E-state index contributed by atoms with van der Waals surface area (Å²) in [4.78, 5) is 25.7. The molecule has 0 unspecified atom stereocenters. The van der Waals surface area contributed by atoms with Crippen molar-refractivity contribution in [3.05, 3.63) is 33.9 Å². The van der Waals surface area contributed by atoms with Crippen LogP contribution >= 0.6 is 0 Å². The lowest BCUT2D eigenvalue weighted by molar-refractivity contribution is -0.384. The second kappa shape index (κ2) is 4.85. The molecule has 1 aliphatic heterocycles. The van der Waals surface area contributed by atoms with Crippen LogP contribution in [-0.4, -0.2) is 54.1 Å². The number of hydrogen-bond acceptors (Lipinski definition) is 5. The van der Waals surface area contributed by atoms with Gasteiger partial charge in [0.1, 0.15) is 0 Å². The molecule has 0 saturated carbocycles. The van der Waals surface area contributed by atoms with E-state index in [1.54, 1.807) is 25.1 Å². The van der Waals surface area contributed by atoms with Crippen LogP contribution in [0.25, 0.3) is 0 Å². The van der Waals surface area contributed by atoms with Crippen LogP contribution in [0.1, 0.15) is 10.4 Å². The summed E-state index contributed by atoms with van der Waals surface area (Å²) in [6, 6.07) is 4.21. The molecule has 1 amide bonds. The maximum atomic E-state index is 12.2. The van der Waals surface area contributed by atoms with Crippen molar-refractivity contribution in [3.8, 4) is 0 Å². The Morgan fingerprint density at radius 3 is 2.58 bits per heavy atom. The van der Waals surface area contributed by atoms with E-state index in [0.29, 0.717) is 5.69 Å². The number of likely N-dealkylation sites (tertiary alicyclic amines) is 1. The number of hydrogen-bond donors (Lipinski definition) is 1. The lowest BCUT2D eigenvalue weighted by Gasteiger charge is -2.36. The molecular weight excluding hydrogens is 250 g/mol. The number of rotatable bonds is 3. The van der Waals surface area contributed by atoms with Gasteiger partial charge in [-0.15, -0.1) is 0 Å². The van der Waals surface area contributed by atoms with Gasteiger partial charge in [0.05, 0.1) is 16.6 Å². The molecule has 0 aliphatic carbocycles. The van der Waals surface area contributed by atoms with E-state index < -0.39 is 11.0 Å². The maximum absolute atomic E-state index is 12.2. The van der Waals surface area contributed by atoms with E-state index in [1.165, 1.54) is 17.0 Å². The summed E-state index contributed by atoms with van der Waals surface area (Å²) < 4.78 is 0. The number of β-amino-alcohol motifs (C(OH)–C–C–N with tert-alkyl or cyclic N) is 1. The third-order valence-electron chi connectivity index (χ3n) is 3.05. The van der Waals surface area contributed by atoms with E-state index >= 15 is 0 Å². The molecule has 102 valence electrons. The normalized spacial score (nSPS) is 15.0. The van der Waals surface area contributed by atoms with Crippen molar-refractivity contribution in [1.82, 2.24) is 4.90 Å². The van der Waals surface area contributed by atoms with Crippen LogP contribution in [0, 0.1) is 10.1 Å². The second-order valence-corrected chi connectivity index (χ2v) is 4.72. The highest BCUT2D eigenvalue weighted by molar-refractivity contribution is 6.00. The minimum absolute atomic E-state index is 0.116. The molecule has 1 aromatic carbocycles. The van der Waals surface area contributed by atoms with Crippen LogP contribution in [0.4, 0.5) is 11.4 Å². The summed E-state index contributed by atoms with van der Waals surface area (Å²) in [5.41, 5.74) is 0.790. The van der Waals surface area contributed by atoms with Gasteiger partial charge in [0.25, 0.3) is 11.6 Å². The molecule has 19 heavy (non-hydrogen) atoms. The molecule has 1 saturated heterocycles. The van der Waals surface area contributed by atoms with Gasteiger partial charge in [-0.25, -0.2) is 0 Å². The van der Waals surface area contributed by atoms with Gasteiger partial charge in [0, 0.05) is 45.0 Å². The molecule has 0 aromatic heterocycles. The number of carbonyl (C=O) groups excluding carboxylic acids is 1. The molecule has 1 heterocycles. The van der Waals surface area contributed by atoms with Gasteiger partial charge in [0.2, 0.25) is 0 Å². The molecule has 0 radical (unpaired) electrons. The Balaban J connectivity index is 2.37. The molecule has 2 rings (SSSR count). The largest absolute Gasteiger partial charge is 0.389 e. The molecule has 0 atom stereocenters. The fraction of sp³-hybridized carbons (Fsp3) is 0.417. The molecular formula is C12H15N3O4. The van der Waals surface area contributed by atoms with E-state index in [1.807, 2.05) is 0 Å². The number of nitro groups is 1. The average Bonchev–Trinajstić information content (AvgIpc) is 2.33. The molecule has 1 aliphatic rings. The summed E-state index contributed by atoms with van der Waals surface area (Å²) in [5, 5.41) is 20.0. The van der Waals surface area contributed by atoms with Gasteiger partial charge >= 0.3 is 0 Å². The zero-order valence-electron chi connectivity index (χ0n) is 10.7. The first-order valence-electron chi connectivity index (χ1n) is 5.83. The molecule has 0 spiro atoms. The lowest BCUT2D eigenvalue weighted by atomic mass is 10.1. The van der Waals surface area contributed by atoms with Gasteiger partial charge < -0.3 is 14.9 Å². The maximum Gasteiger partial charge on any atom is 0.270 e. The van der Waals surface area contributed by atoms with Gasteiger partial charge in [-0.05, 0) is 6.07 Å². The van der Waals surface area contributed by atoms with E-state index in [0.717, 1.165) is 0 Å². The first-order chi connectivity index (χ1) is 8.90. The Hall–Kier alpha value is -2.15. The number of nitrogens with zero attached hydrogens (tertiary/aromatic N) is 3. The van der Waals surface area contributed by atoms with Crippen LogP contribution < -0.4 is 4.90 Å². The van der Waals surface area contributed by atoms with Crippen LogP contribution in [0.15, 0.2) is 18.2 Å². The van der Waals surface area contributed by atoms with Crippen molar-refractivity contribution in [3.63, 3.8) is 0 Å². The highest BCUT2D eigenvalue weighted by Crippen LogP contribution is 2.26. The van der Waals surface area contributed by atoms with Crippen LogP contribution in [0.2, 0.25) is 0 Å². The van der Waals surface area contributed by atoms with Crippen molar-refractivity contribution in [2.75, 3.05) is 32.1 Å². The number of non-ortho nitro benzene ring substituents is 1. The van der Waals surface area contributed by atoms with Gasteiger partial charge in [-0.1, -0.05) is 0 Å². The third kappa shape index (κ3) is 2.50. The first-order valence-corrected chi connectivity index (χ1v) is 5.83. The zero-order valence-corrected chi connectivity index (χ0v) is 10.7. The Morgan fingerprint density at radius 1 is 1.47 bits per heavy atom. The van der Waals surface area contributed by atoms with E-state index in [4.69, 9.17) is 0 Å². The Kier molecular flexibility index (Phi) is 3.39. The average molecular weight is 265 g/mol. The summed E-state index contributed by atoms with van der Waals surface area (Å²) in [7, 11) is 3.53. The van der Waals surface area contributed by atoms with Crippen molar-refractivity contribution >= 4 is 17.3 Å². The second-order valence-electron chi connectivity index (χ2n) is 4.72. The van der Waals surface area contributed by atoms with Crippen molar-refractivity contribution < 1.29 is 14.8 Å². The van der Waals surface area contributed by atoms with E-state index in [2.05, 4.69) is 0 Å². The number of aliphatic hydroxyl groups excluding tert-OH is 1. The minimum Gasteiger partial charge on any atom is -0.389 e. The highest BCUT2D eigenvalue weighted by Gasteiger charge is 2.31. The summed E-state index contributed by atoms with van der Waals surface area (Å²) in [6.07, 6.45) is -0.495. The quantitative estimate of drug-likeness (QED) is 0.634. The standard InChI is InChI=1S/C12H15N3O4/c1-13(2)11-4-3-8(15(18)19)5-10(11)12(17)14-6-9(16)7-14/h3-5,9,16H,6-7H2,1-2H3. The number of anilines is 1. The Morgan fingerprint density at radius 2 is 2.11 bits per heavy atom. The van der Waals surface area contributed by atoms with Crippen LogP contribution in [0.5, 0.6) is 0 Å². The summed E-state index contributed by atoms with van der Waals surface area (Å²) in [5.74, 6) is -0.294. The summed E-state index contributed by atoms with van der Waals surface area (Å²) >= 11 is 0. The first kappa shape index (κ1) is 13.3. The number of amides is 1. The number of nitro benzene ring substituents is 1. The Labute approximate surface area is 110 Å². The zero-order chi connectivity index (χ0) is 14.2. The van der Waals surface area contributed by atoms with Crippen molar-refractivity contribution in [2.24, 2.45) is 0 Å². The smallest absolute Gasteiger partial charge is 0.270 e.